The van der Waals surface area contributed by atoms with Gasteiger partial charge in [0.15, 0.2) is 0 Å². The molecule has 0 bridgehead atoms. The fourth-order valence-corrected chi connectivity index (χ4v) is 3.85. The van der Waals surface area contributed by atoms with Crippen LogP contribution in [0.15, 0.2) is 36.4 Å². The van der Waals surface area contributed by atoms with Crippen molar-refractivity contribution in [3.63, 3.8) is 0 Å². The van der Waals surface area contributed by atoms with Gasteiger partial charge < -0.3 is 20.0 Å². The molecule has 0 atom stereocenters. The van der Waals surface area contributed by atoms with E-state index in [1.807, 2.05) is 0 Å². The maximum atomic E-state index is 12.5. The zero-order valence-corrected chi connectivity index (χ0v) is 15.1. The van der Waals surface area contributed by atoms with Gasteiger partial charge in [-0.2, -0.15) is 8.78 Å². The number of alkyl halides is 2. The van der Waals surface area contributed by atoms with E-state index in [2.05, 4.69) is 25.0 Å². The molecule has 0 aliphatic rings. The van der Waals surface area contributed by atoms with Gasteiger partial charge in [-0.25, -0.2) is 15.0 Å². The van der Waals surface area contributed by atoms with Gasteiger partial charge in [-0.15, -0.1) is 11.3 Å². The molecule has 0 saturated heterocycles. The SMILES string of the molecule is Cc1nc2c(-c3nc4cccc(NC(=O)[O-])c4s3)cccc2nc1OC(F)F. The molecule has 2 aromatic heterocycles. The summed E-state index contributed by atoms with van der Waals surface area (Å²) in [6.45, 7) is -1.46. The van der Waals surface area contributed by atoms with E-state index in [0.717, 1.165) is 0 Å². The topological polar surface area (TPSA) is 100 Å². The Morgan fingerprint density at radius 1 is 1.14 bits per heavy atom. The number of ether oxygens (including phenoxy) is 1. The molecular weight excluding hydrogens is 390 g/mol. The molecule has 7 nitrogen and oxygen atoms in total. The van der Waals surface area contributed by atoms with E-state index in [-0.39, 0.29) is 11.6 Å². The number of benzene rings is 2. The molecule has 142 valence electrons. The number of hydrogen-bond donors (Lipinski definition) is 1. The number of carboxylic acid groups (broad SMARTS) is 1. The molecule has 0 radical (unpaired) electrons. The molecule has 10 heteroatoms. The van der Waals surface area contributed by atoms with Crippen molar-refractivity contribution in [1.29, 1.82) is 0 Å². The summed E-state index contributed by atoms with van der Waals surface area (Å²) in [6.07, 6.45) is -1.42. The van der Waals surface area contributed by atoms with Crippen molar-refractivity contribution in [3.8, 4) is 16.5 Å². The fraction of sp³-hybridized carbons (Fsp3) is 0.111. The number of amides is 1. The molecule has 28 heavy (non-hydrogen) atoms. The summed E-state index contributed by atoms with van der Waals surface area (Å²) in [5, 5.41) is 13.7. The van der Waals surface area contributed by atoms with Crippen LogP contribution in [0.1, 0.15) is 5.69 Å². The first kappa shape index (κ1) is 18.0. The number of fused-ring (bicyclic) bond motifs is 2. The monoisotopic (exact) mass is 401 g/mol. The Labute approximate surface area is 160 Å². The van der Waals surface area contributed by atoms with Crippen LogP contribution in [0.3, 0.4) is 0 Å². The first-order chi connectivity index (χ1) is 13.4. The second kappa shape index (κ2) is 6.97. The number of rotatable bonds is 4. The summed E-state index contributed by atoms with van der Waals surface area (Å²) in [4.78, 5) is 23.9. The third kappa shape index (κ3) is 3.29. The normalized spacial score (nSPS) is 11.3. The van der Waals surface area contributed by atoms with Crippen molar-refractivity contribution in [2.45, 2.75) is 13.5 Å². The van der Waals surface area contributed by atoms with E-state index in [9.17, 15) is 18.7 Å². The minimum Gasteiger partial charge on any atom is -0.530 e. The molecule has 4 rings (SSSR count). The largest absolute Gasteiger partial charge is 0.530 e. The average molecular weight is 401 g/mol. The second-order valence-electron chi connectivity index (χ2n) is 5.75. The lowest BCUT2D eigenvalue weighted by molar-refractivity contribution is -0.242. The molecule has 1 N–H and O–H groups in total. The van der Waals surface area contributed by atoms with Gasteiger partial charge in [0.2, 0.25) is 5.88 Å². The van der Waals surface area contributed by atoms with Crippen LogP contribution in [0.25, 0.3) is 31.8 Å². The van der Waals surface area contributed by atoms with Crippen LogP contribution in [0, 0.1) is 6.92 Å². The lowest BCUT2D eigenvalue weighted by Gasteiger charge is -2.09. The van der Waals surface area contributed by atoms with Gasteiger partial charge in [0.05, 0.1) is 26.9 Å². The van der Waals surface area contributed by atoms with Crippen molar-refractivity contribution in [1.82, 2.24) is 15.0 Å². The molecule has 4 aromatic rings. The summed E-state index contributed by atoms with van der Waals surface area (Å²) in [5.41, 5.74) is 2.71. The average Bonchev–Trinajstić information content (AvgIpc) is 3.06. The number of halogens is 2. The van der Waals surface area contributed by atoms with Crippen molar-refractivity contribution >= 4 is 44.4 Å². The quantitative estimate of drug-likeness (QED) is 0.561. The van der Waals surface area contributed by atoms with Crippen LogP contribution in [-0.2, 0) is 0 Å². The second-order valence-corrected chi connectivity index (χ2v) is 6.75. The Morgan fingerprint density at radius 2 is 1.89 bits per heavy atom. The number of aryl methyl sites for hydroxylation is 1. The molecule has 0 saturated carbocycles. The third-order valence-corrected chi connectivity index (χ3v) is 5.05. The highest BCUT2D eigenvalue weighted by Gasteiger charge is 2.16. The zero-order valence-electron chi connectivity index (χ0n) is 14.3. The maximum Gasteiger partial charge on any atom is 0.388 e. The summed E-state index contributed by atoms with van der Waals surface area (Å²) in [6, 6.07) is 10.2. The Bertz CT molecular complexity index is 1210. The van der Waals surface area contributed by atoms with Crippen molar-refractivity contribution < 1.29 is 23.4 Å². The molecule has 0 spiro atoms. The Balaban J connectivity index is 1.87. The van der Waals surface area contributed by atoms with Crippen LogP contribution < -0.4 is 15.2 Å². The number of carbonyl (C=O) groups is 1. The number of para-hydroxylation sites is 1. The van der Waals surface area contributed by atoms with Crippen LogP contribution in [0.2, 0.25) is 0 Å². The molecule has 0 unspecified atom stereocenters. The van der Waals surface area contributed by atoms with E-state index in [0.29, 0.717) is 37.5 Å². The number of nitrogens with zero attached hydrogens (tertiary/aromatic N) is 3. The van der Waals surface area contributed by atoms with E-state index in [4.69, 9.17) is 0 Å². The molecular formula is C18H11F2N4O3S-. The number of thiazole rings is 1. The molecule has 2 heterocycles. The van der Waals surface area contributed by atoms with Gasteiger partial charge in [-0.3, -0.25) is 0 Å². The van der Waals surface area contributed by atoms with Gasteiger partial charge in [0.25, 0.3) is 0 Å². The van der Waals surface area contributed by atoms with Crippen molar-refractivity contribution in [2.75, 3.05) is 5.32 Å². The Morgan fingerprint density at radius 3 is 2.64 bits per heavy atom. The lowest BCUT2D eigenvalue weighted by Crippen LogP contribution is -2.28. The van der Waals surface area contributed by atoms with E-state index in [1.165, 1.54) is 18.3 Å². The molecule has 0 aliphatic heterocycles. The van der Waals surface area contributed by atoms with Gasteiger partial charge in [-0.05, 0) is 31.2 Å². The first-order valence-electron chi connectivity index (χ1n) is 8.02. The Hall–Kier alpha value is -3.40. The predicted molar refractivity (Wildman–Crippen MR) is 98.5 cm³/mol. The maximum absolute atomic E-state index is 12.5. The molecule has 0 fully saturated rings. The highest BCUT2D eigenvalue weighted by molar-refractivity contribution is 7.22. The number of hydrogen-bond acceptors (Lipinski definition) is 7. The fourth-order valence-electron chi connectivity index (χ4n) is 2.79. The van der Waals surface area contributed by atoms with Gasteiger partial charge in [-0.1, -0.05) is 12.1 Å². The number of nitrogens with one attached hydrogen (secondary N) is 1. The standard InChI is InChI=1S/C18H12F2N4O3S/c1-8-15(27-17(19)20)22-10-5-2-4-9(13(10)21-8)16-23-11-6-3-7-12(14(11)28-16)24-18(25)26/h2-7,17,24H,1H3,(H,25,26)/p-1. The highest BCUT2D eigenvalue weighted by atomic mass is 32.1. The van der Waals surface area contributed by atoms with E-state index >= 15 is 0 Å². The number of anilines is 1. The van der Waals surface area contributed by atoms with Crippen LogP contribution >= 0.6 is 11.3 Å². The summed E-state index contributed by atoms with van der Waals surface area (Å²) >= 11 is 1.27. The summed E-state index contributed by atoms with van der Waals surface area (Å²) in [7, 11) is 0. The summed E-state index contributed by atoms with van der Waals surface area (Å²) in [5.74, 6) is -0.232. The third-order valence-electron chi connectivity index (χ3n) is 3.91. The smallest absolute Gasteiger partial charge is 0.388 e. The van der Waals surface area contributed by atoms with Crippen LogP contribution in [0.4, 0.5) is 19.3 Å². The minimum atomic E-state index is -2.99. The lowest BCUT2D eigenvalue weighted by atomic mass is 10.2. The number of aromatic nitrogens is 3. The highest BCUT2D eigenvalue weighted by Crippen LogP contribution is 2.37. The van der Waals surface area contributed by atoms with E-state index < -0.39 is 12.7 Å². The molecule has 2 aromatic carbocycles. The van der Waals surface area contributed by atoms with Gasteiger partial charge in [0.1, 0.15) is 16.8 Å². The Kier molecular flexibility index (Phi) is 4.47. The van der Waals surface area contributed by atoms with Crippen LogP contribution in [0.5, 0.6) is 5.88 Å². The van der Waals surface area contributed by atoms with Crippen LogP contribution in [-0.4, -0.2) is 27.7 Å². The summed E-state index contributed by atoms with van der Waals surface area (Å²) < 4.78 is 30.1. The molecule has 0 aliphatic carbocycles. The minimum absolute atomic E-state index is 0.223. The first-order valence-corrected chi connectivity index (χ1v) is 8.84. The van der Waals surface area contributed by atoms with Gasteiger partial charge in [0, 0.05) is 5.56 Å². The van der Waals surface area contributed by atoms with Crippen molar-refractivity contribution in [3.05, 3.63) is 42.1 Å². The number of carbonyl (C=O) groups excluding carboxylic acids is 1. The van der Waals surface area contributed by atoms with Crippen molar-refractivity contribution in [2.24, 2.45) is 0 Å². The van der Waals surface area contributed by atoms with E-state index in [1.54, 1.807) is 36.4 Å². The predicted octanol–water partition coefficient (Wildman–Crippen LogP) is 3.57. The van der Waals surface area contributed by atoms with Gasteiger partial charge >= 0.3 is 6.61 Å². The zero-order chi connectivity index (χ0) is 19.8. The molecule has 1 amide bonds.